The minimum atomic E-state index is -0.438. The molecule has 2 aromatic rings. The van der Waals surface area contributed by atoms with Gasteiger partial charge in [-0.3, -0.25) is 0 Å². The predicted octanol–water partition coefficient (Wildman–Crippen LogP) is 5.94. The van der Waals surface area contributed by atoms with Gasteiger partial charge in [0.25, 0.3) is 0 Å². The van der Waals surface area contributed by atoms with Crippen molar-refractivity contribution in [3.05, 3.63) is 47.0 Å². The summed E-state index contributed by atoms with van der Waals surface area (Å²) in [6, 6.07) is 6.92. The monoisotopic (exact) mass is 276 g/mol. The normalized spacial score (nSPS) is 11.2. The first-order valence-corrected chi connectivity index (χ1v) is 7.50. The van der Waals surface area contributed by atoms with E-state index >= 15 is 0 Å². The summed E-state index contributed by atoms with van der Waals surface area (Å²) in [5, 5.41) is 0.788. The van der Waals surface area contributed by atoms with Crippen molar-refractivity contribution >= 4 is 10.8 Å². The standard InChI is InChI=1S/C18H22F2/c1-3-4-5-6-7-8-14-11-15-10-9-13(2)18(20)17(15)16(19)12-14/h9-12H,3-8H2,1-2H3. The van der Waals surface area contributed by atoms with Crippen molar-refractivity contribution in [1.29, 1.82) is 0 Å². The van der Waals surface area contributed by atoms with E-state index in [1.54, 1.807) is 19.1 Å². The Hall–Kier alpha value is -1.44. The van der Waals surface area contributed by atoms with Crippen LogP contribution in [0.5, 0.6) is 0 Å². The maximum absolute atomic E-state index is 14.1. The first-order chi connectivity index (χ1) is 9.63. The second kappa shape index (κ2) is 6.83. The topological polar surface area (TPSA) is 0 Å². The Balaban J connectivity index is 2.15. The second-order valence-electron chi connectivity index (χ2n) is 5.54. The van der Waals surface area contributed by atoms with E-state index in [0.717, 1.165) is 18.4 Å². The van der Waals surface area contributed by atoms with Crippen molar-refractivity contribution in [3.63, 3.8) is 0 Å². The van der Waals surface area contributed by atoms with Crippen molar-refractivity contribution in [2.24, 2.45) is 0 Å². The number of fused-ring (bicyclic) bond motifs is 1. The minimum absolute atomic E-state index is 0.125. The molecular formula is C18H22F2. The average Bonchev–Trinajstić information content (AvgIpc) is 2.42. The van der Waals surface area contributed by atoms with Crippen LogP contribution in [0.2, 0.25) is 0 Å². The summed E-state index contributed by atoms with van der Waals surface area (Å²) in [6.07, 6.45) is 6.83. The van der Waals surface area contributed by atoms with Crippen molar-refractivity contribution in [2.45, 2.75) is 52.4 Å². The summed E-state index contributed by atoms with van der Waals surface area (Å²) >= 11 is 0. The maximum Gasteiger partial charge on any atom is 0.136 e. The molecule has 0 fully saturated rings. The number of benzene rings is 2. The van der Waals surface area contributed by atoms with Crippen LogP contribution in [0, 0.1) is 18.6 Å². The molecule has 0 aliphatic carbocycles. The molecule has 2 heteroatoms. The number of aryl methyl sites for hydroxylation is 2. The van der Waals surface area contributed by atoms with Crippen LogP contribution in [0.3, 0.4) is 0 Å². The molecule has 108 valence electrons. The van der Waals surface area contributed by atoms with Crippen LogP contribution in [-0.2, 0) is 6.42 Å². The Morgan fingerprint density at radius 3 is 2.45 bits per heavy atom. The van der Waals surface area contributed by atoms with Gasteiger partial charge in [0.2, 0.25) is 0 Å². The number of hydrogen-bond donors (Lipinski definition) is 0. The summed E-state index contributed by atoms with van der Waals surface area (Å²) < 4.78 is 28.0. The predicted molar refractivity (Wildman–Crippen MR) is 81.1 cm³/mol. The van der Waals surface area contributed by atoms with Gasteiger partial charge in [0.15, 0.2) is 0 Å². The number of rotatable bonds is 6. The van der Waals surface area contributed by atoms with Gasteiger partial charge in [-0.2, -0.15) is 0 Å². The second-order valence-corrected chi connectivity index (χ2v) is 5.54. The molecule has 0 radical (unpaired) electrons. The molecule has 2 aromatic carbocycles. The fraction of sp³-hybridized carbons (Fsp3) is 0.444. The molecule has 0 unspecified atom stereocenters. The Bertz CT molecular complexity index is 587. The molecule has 0 N–H and O–H groups in total. The Kier molecular flexibility index (Phi) is 5.11. The molecule has 2 rings (SSSR count). The quantitative estimate of drug-likeness (QED) is 0.573. The summed E-state index contributed by atoms with van der Waals surface area (Å²) in [6.45, 7) is 3.85. The Morgan fingerprint density at radius 2 is 1.70 bits per heavy atom. The Morgan fingerprint density at radius 1 is 0.950 bits per heavy atom. The van der Waals surface area contributed by atoms with Crippen LogP contribution in [0.1, 0.15) is 50.2 Å². The van der Waals surface area contributed by atoms with E-state index in [0.29, 0.717) is 10.9 Å². The molecule has 0 nitrogen and oxygen atoms in total. The fourth-order valence-electron chi connectivity index (χ4n) is 2.61. The van der Waals surface area contributed by atoms with Crippen LogP contribution >= 0.6 is 0 Å². The number of unbranched alkanes of at least 4 members (excludes halogenated alkanes) is 4. The van der Waals surface area contributed by atoms with E-state index < -0.39 is 11.6 Å². The average molecular weight is 276 g/mol. The van der Waals surface area contributed by atoms with Gasteiger partial charge in [0.05, 0.1) is 5.39 Å². The zero-order valence-corrected chi connectivity index (χ0v) is 12.3. The lowest BCUT2D eigenvalue weighted by atomic mass is 10.00. The molecule has 0 amide bonds. The SMILES string of the molecule is CCCCCCCc1cc(F)c2c(F)c(C)ccc2c1. The van der Waals surface area contributed by atoms with Crippen LogP contribution in [0.25, 0.3) is 10.8 Å². The van der Waals surface area contributed by atoms with Crippen molar-refractivity contribution in [2.75, 3.05) is 0 Å². The molecule has 0 heterocycles. The van der Waals surface area contributed by atoms with Crippen molar-refractivity contribution < 1.29 is 8.78 Å². The molecule has 20 heavy (non-hydrogen) atoms. The highest BCUT2D eigenvalue weighted by Crippen LogP contribution is 2.26. The molecule has 0 aliphatic rings. The molecule has 0 bridgehead atoms. The highest BCUT2D eigenvalue weighted by molar-refractivity contribution is 5.85. The third-order valence-electron chi connectivity index (χ3n) is 3.83. The van der Waals surface area contributed by atoms with Gasteiger partial charge in [-0.05, 0) is 42.3 Å². The van der Waals surface area contributed by atoms with E-state index in [-0.39, 0.29) is 5.39 Å². The first-order valence-electron chi connectivity index (χ1n) is 7.50. The molecular weight excluding hydrogens is 254 g/mol. The summed E-state index contributed by atoms with van der Waals surface area (Å²) in [7, 11) is 0. The smallest absolute Gasteiger partial charge is 0.136 e. The molecule has 0 aliphatic heterocycles. The van der Waals surface area contributed by atoms with Crippen LogP contribution in [-0.4, -0.2) is 0 Å². The van der Waals surface area contributed by atoms with Gasteiger partial charge in [-0.15, -0.1) is 0 Å². The lowest BCUT2D eigenvalue weighted by Crippen LogP contribution is -1.93. The molecule has 0 aromatic heterocycles. The summed E-state index contributed by atoms with van der Waals surface area (Å²) in [5.74, 6) is -0.873. The third kappa shape index (κ3) is 3.36. The number of halogens is 2. The van der Waals surface area contributed by atoms with E-state index in [1.807, 2.05) is 6.07 Å². The van der Waals surface area contributed by atoms with Gasteiger partial charge in [0, 0.05) is 0 Å². The molecule has 0 spiro atoms. The van der Waals surface area contributed by atoms with Gasteiger partial charge in [0.1, 0.15) is 11.6 Å². The molecule has 0 saturated heterocycles. The van der Waals surface area contributed by atoms with E-state index in [1.165, 1.54) is 31.7 Å². The first kappa shape index (κ1) is 15.0. The lowest BCUT2D eigenvalue weighted by molar-refractivity contribution is 0.599. The summed E-state index contributed by atoms with van der Waals surface area (Å²) in [5.41, 5.74) is 1.46. The zero-order valence-electron chi connectivity index (χ0n) is 12.3. The highest BCUT2D eigenvalue weighted by Gasteiger charge is 2.10. The minimum Gasteiger partial charge on any atom is -0.206 e. The zero-order chi connectivity index (χ0) is 14.5. The number of hydrogen-bond acceptors (Lipinski definition) is 0. The van der Waals surface area contributed by atoms with Gasteiger partial charge in [-0.25, -0.2) is 8.78 Å². The molecule has 0 saturated carbocycles. The van der Waals surface area contributed by atoms with E-state index in [4.69, 9.17) is 0 Å². The third-order valence-corrected chi connectivity index (χ3v) is 3.83. The van der Waals surface area contributed by atoms with E-state index in [2.05, 4.69) is 6.92 Å². The van der Waals surface area contributed by atoms with Crippen molar-refractivity contribution in [1.82, 2.24) is 0 Å². The highest BCUT2D eigenvalue weighted by atomic mass is 19.1. The lowest BCUT2D eigenvalue weighted by Gasteiger charge is -2.08. The largest absolute Gasteiger partial charge is 0.206 e. The van der Waals surface area contributed by atoms with Crippen LogP contribution in [0.15, 0.2) is 24.3 Å². The maximum atomic E-state index is 14.1. The van der Waals surface area contributed by atoms with Crippen molar-refractivity contribution in [3.8, 4) is 0 Å². The van der Waals surface area contributed by atoms with Gasteiger partial charge in [-0.1, -0.05) is 50.8 Å². The fourth-order valence-corrected chi connectivity index (χ4v) is 2.61. The van der Waals surface area contributed by atoms with Crippen LogP contribution < -0.4 is 0 Å². The van der Waals surface area contributed by atoms with Gasteiger partial charge >= 0.3 is 0 Å². The van der Waals surface area contributed by atoms with Crippen LogP contribution in [0.4, 0.5) is 8.78 Å². The van der Waals surface area contributed by atoms with E-state index in [9.17, 15) is 8.78 Å². The van der Waals surface area contributed by atoms with Gasteiger partial charge < -0.3 is 0 Å². The Labute approximate surface area is 119 Å². The molecule has 0 atom stereocenters. The summed E-state index contributed by atoms with van der Waals surface area (Å²) in [4.78, 5) is 0.